The van der Waals surface area contributed by atoms with Crippen LogP contribution in [-0.4, -0.2) is 35.8 Å². The van der Waals surface area contributed by atoms with Gasteiger partial charge in [0.1, 0.15) is 0 Å². The van der Waals surface area contributed by atoms with E-state index in [2.05, 4.69) is 0 Å². The Bertz CT molecular complexity index is 302. The van der Waals surface area contributed by atoms with Crippen LogP contribution in [-0.2, 0) is 0 Å². The molecule has 0 unspecified atom stereocenters. The Balaban J connectivity index is 0.00000144. The minimum atomic E-state index is -1.52. The average Bonchev–Trinajstić information content (AvgIpc) is 2.04. The van der Waals surface area contributed by atoms with Gasteiger partial charge in [-0.05, 0) is 0 Å². The maximum atomic E-state index is 10.3. The van der Waals surface area contributed by atoms with E-state index in [1.54, 1.807) is 0 Å². The molecule has 66 valence electrons. The molecule has 1 aromatic carbocycles. The molecule has 13 heavy (non-hydrogen) atoms. The molecule has 0 N–H and O–H groups in total. The molecule has 0 amide bonds. The SMILES string of the molecule is O=C([O-])c1ccccc1C(=O)[O-].[SnH2+2]. The van der Waals surface area contributed by atoms with Crippen LogP contribution in [0.25, 0.3) is 0 Å². The van der Waals surface area contributed by atoms with Crippen molar-refractivity contribution in [3.63, 3.8) is 0 Å². The molecule has 1 rings (SSSR count). The molecular weight excluding hydrogens is 279 g/mol. The average molecular weight is 285 g/mol. The van der Waals surface area contributed by atoms with Gasteiger partial charge in [-0.1, -0.05) is 24.3 Å². The fourth-order valence-corrected chi connectivity index (χ4v) is 0.839. The third kappa shape index (κ3) is 2.73. The molecular formula is C8H6O4Sn. The van der Waals surface area contributed by atoms with Gasteiger partial charge in [0, 0.05) is 11.1 Å². The quantitative estimate of drug-likeness (QED) is 0.562. The van der Waals surface area contributed by atoms with E-state index in [1.807, 2.05) is 0 Å². The van der Waals surface area contributed by atoms with Gasteiger partial charge < -0.3 is 19.8 Å². The topological polar surface area (TPSA) is 80.3 Å². The number of rotatable bonds is 2. The molecule has 0 saturated heterocycles. The summed E-state index contributed by atoms with van der Waals surface area (Å²) in [6.07, 6.45) is 0. The first-order valence-corrected chi connectivity index (χ1v) is 3.14. The second-order valence-corrected chi connectivity index (χ2v) is 2.12. The molecule has 0 aliphatic heterocycles. The van der Waals surface area contributed by atoms with Crippen LogP contribution in [0.1, 0.15) is 20.7 Å². The molecule has 0 radical (unpaired) electrons. The third-order valence-electron chi connectivity index (χ3n) is 1.37. The Morgan fingerprint density at radius 3 is 1.46 bits per heavy atom. The molecule has 0 atom stereocenters. The first-order valence-electron chi connectivity index (χ1n) is 3.14. The van der Waals surface area contributed by atoms with Crippen molar-refractivity contribution in [2.45, 2.75) is 0 Å². The van der Waals surface area contributed by atoms with Crippen LogP contribution in [0.2, 0.25) is 0 Å². The molecule has 4 nitrogen and oxygen atoms in total. The number of hydrogen-bond acceptors (Lipinski definition) is 4. The second-order valence-electron chi connectivity index (χ2n) is 2.12. The number of benzene rings is 1. The summed E-state index contributed by atoms with van der Waals surface area (Å²) in [5.74, 6) is -3.04. The summed E-state index contributed by atoms with van der Waals surface area (Å²) in [6.45, 7) is 0. The zero-order chi connectivity index (χ0) is 9.14. The van der Waals surface area contributed by atoms with Gasteiger partial charge in [0.25, 0.3) is 0 Å². The summed E-state index contributed by atoms with van der Waals surface area (Å²) in [6, 6.07) is 5.14. The van der Waals surface area contributed by atoms with E-state index in [4.69, 9.17) is 0 Å². The fraction of sp³-hybridized carbons (Fsp3) is 0. The second kappa shape index (κ2) is 4.86. The van der Waals surface area contributed by atoms with Crippen LogP contribution < -0.4 is 10.2 Å². The minimum absolute atomic E-state index is 0. The predicted octanol–water partition coefficient (Wildman–Crippen LogP) is -2.50. The van der Waals surface area contributed by atoms with Crippen molar-refractivity contribution in [1.29, 1.82) is 0 Å². The van der Waals surface area contributed by atoms with Crippen molar-refractivity contribution in [3.8, 4) is 0 Å². The van der Waals surface area contributed by atoms with Crippen molar-refractivity contribution < 1.29 is 19.8 Å². The third-order valence-corrected chi connectivity index (χ3v) is 1.37. The summed E-state index contributed by atoms with van der Waals surface area (Å²) in [5.41, 5.74) is -0.727. The van der Waals surface area contributed by atoms with Crippen LogP contribution >= 0.6 is 0 Å². The van der Waals surface area contributed by atoms with Gasteiger partial charge in [0.15, 0.2) is 0 Å². The van der Waals surface area contributed by atoms with Gasteiger partial charge >= 0.3 is 23.9 Å². The van der Waals surface area contributed by atoms with Crippen molar-refractivity contribution in [3.05, 3.63) is 35.4 Å². The van der Waals surface area contributed by atoms with Gasteiger partial charge in [-0.2, -0.15) is 0 Å². The Labute approximate surface area is 91.2 Å². The number of hydrogen-bond donors (Lipinski definition) is 0. The number of carboxylic acids is 2. The summed E-state index contributed by atoms with van der Waals surface area (Å²) in [7, 11) is 0. The van der Waals surface area contributed by atoms with Crippen LogP contribution in [0.3, 0.4) is 0 Å². The standard InChI is InChI=1S/C8H6O4.Sn.2H/c9-7(10)5-3-1-2-4-6(5)8(11)12;;;/h1-4H,(H,9,10)(H,11,12);;;/q;+2;;/p-2. The zero-order valence-corrected chi connectivity index (χ0v) is 10.7. The number of carbonyl (C=O) groups excluding carboxylic acids is 2. The molecule has 0 aliphatic rings. The Morgan fingerprint density at radius 2 is 1.23 bits per heavy atom. The first-order chi connectivity index (χ1) is 5.63. The number of carboxylic acid groups (broad SMARTS) is 2. The summed E-state index contributed by atoms with van der Waals surface area (Å²) >= 11 is 0. The van der Waals surface area contributed by atoms with E-state index in [9.17, 15) is 19.8 Å². The number of carbonyl (C=O) groups is 2. The Kier molecular flexibility index (Phi) is 4.47. The van der Waals surface area contributed by atoms with E-state index >= 15 is 0 Å². The van der Waals surface area contributed by atoms with Crippen molar-refractivity contribution in [1.82, 2.24) is 0 Å². The van der Waals surface area contributed by atoms with Crippen LogP contribution in [0.4, 0.5) is 0 Å². The molecule has 0 bridgehead atoms. The molecule has 0 aliphatic carbocycles. The van der Waals surface area contributed by atoms with Crippen molar-refractivity contribution >= 4 is 35.8 Å². The normalized spacial score (nSPS) is 8.62. The van der Waals surface area contributed by atoms with Crippen LogP contribution in [0, 0.1) is 0 Å². The van der Waals surface area contributed by atoms with Crippen molar-refractivity contribution in [2.24, 2.45) is 0 Å². The van der Waals surface area contributed by atoms with Crippen LogP contribution in [0.15, 0.2) is 24.3 Å². The number of aromatic carboxylic acids is 2. The fourth-order valence-electron chi connectivity index (χ4n) is 0.839. The summed E-state index contributed by atoms with van der Waals surface area (Å²) < 4.78 is 0. The maximum absolute atomic E-state index is 10.3. The van der Waals surface area contributed by atoms with Crippen LogP contribution in [0.5, 0.6) is 0 Å². The van der Waals surface area contributed by atoms with E-state index in [0.717, 1.165) is 12.1 Å². The Morgan fingerprint density at radius 1 is 0.923 bits per heavy atom. The van der Waals surface area contributed by atoms with Gasteiger partial charge in [-0.3, -0.25) is 0 Å². The monoisotopic (exact) mass is 286 g/mol. The van der Waals surface area contributed by atoms with E-state index < -0.39 is 11.9 Å². The Hall–Kier alpha value is -1.04. The van der Waals surface area contributed by atoms with E-state index in [1.165, 1.54) is 12.1 Å². The first kappa shape index (κ1) is 12.0. The predicted molar refractivity (Wildman–Crippen MR) is 43.6 cm³/mol. The van der Waals surface area contributed by atoms with E-state index in [0.29, 0.717) is 0 Å². The molecule has 0 aromatic heterocycles. The van der Waals surface area contributed by atoms with Crippen molar-refractivity contribution in [2.75, 3.05) is 0 Å². The van der Waals surface area contributed by atoms with Gasteiger partial charge in [0.2, 0.25) is 0 Å². The molecule has 0 spiro atoms. The van der Waals surface area contributed by atoms with E-state index in [-0.39, 0.29) is 35.0 Å². The molecule has 5 heteroatoms. The molecule has 0 heterocycles. The zero-order valence-electron chi connectivity index (χ0n) is 6.65. The van der Waals surface area contributed by atoms with Gasteiger partial charge in [-0.25, -0.2) is 0 Å². The van der Waals surface area contributed by atoms with Gasteiger partial charge in [0.05, 0.1) is 11.9 Å². The molecule has 1 aromatic rings. The molecule has 0 saturated carbocycles. The summed E-state index contributed by atoms with van der Waals surface area (Å²) in [5, 5.41) is 20.6. The molecule has 0 fully saturated rings. The van der Waals surface area contributed by atoms with Gasteiger partial charge in [-0.15, -0.1) is 0 Å². The summed E-state index contributed by atoms with van der Waals surface area (Å²) in [4.78, 5) is 20.6.